The number of hydrogen-bond acceptors (Lipinski definition) is 2. The Hall–Kier alpha value is -1.48. The smallest absolute Gasteiger partial charge is 0.197 e. The van der Waals surface area contributed by atoms with Gasteiger partial charge in [0, 0.05) is 11.3 Å². The van der Waals surface area contributed by atoms with Gasteiger partial charge in [0.25, 0.3) is 0 Å². The first-order chi connectivity index (χ1) is 8.06. The molecule has 2 nitrogen and oxygen atoms in total. The third-order valence-electron chi connectivity index (χ3n) is 2.75. The molecule has 88 valence electrons. The maximum absolute atomic E-state index is 5.09. The predicted octanol–water partition coefficient (Wildman–Crippen LogP) is 4.24. The molecule has 0 amide bonds. The number of benzene rings is 1. The Morgan fingerprint density at radius 2 is 1.82 bits per heavy atom. The lowest BCUT2D eigenvalue weighted by Crippen LogP contribution is -1.91. The number of nitrogens with zero attached hydrogens (tertiary/aromatic N) is 1. The van der Waals surface area contributed by atoms with Gasteiger partial charge in [0.2, 0.25) is 0 Å². The lowest BCUT2D eigenvalue weighted by atomic mass is 10.0. The highest BCUT2D eigenvalue weighted by Gasteiger charge is 2.02. The highest BCUT2D eigenvalue weighted by atomic mass is 32.1. The summed E-state index contributed by atoms with van der Waals surface area (Å²) in [6.45, 7) is 6.37. The molecule has 0 aliphatic rings. The monoisotopic (exact) mass is 244 g/mol. The molecule has 0 radical (unpaired) electrons. The fourth-order valence-corrected chi connectivity index (χ4v) is 2.03. The minimum absolute atomic E-state index is 0.535. The summed E-state index contributed by atoms with van der Waals surface area (Å²) in [5, 5.41) is 0. The summed E-state index contributed by atoms with van der Waals surface area (Å²) >= 11 is 5.09. The summed E-state index contributed by atoms with van der Waals surface area (Å²) in [7, 11) is 0. The molecule has 1 N–H and O–H groups in total. The highest BCUT2D eigenvalue weighted by molar-refractivity contribution is 7.71. The lowest BCUT2D eigenvalue weighted by molar-refractivity contribution is 0.867. The minimum atomic E-state index is 0.535. The number of nitrogens with one attached hydrogen (secondary N) is 1. The Kier molecular flexibility index (Phi) is 3.38. The Bertz CT molecular complexity index is 568. The van der Waals surface area contributed by atoms with Gasteiger partial charge in [0.05, 0.1) is 5.69 Å². The molecule has 2 rings (SSSR count). The van der Waals surface area contributed by atoms with Crippen LogP contribution in [0.3, 0.4) is 0 Å². The van der Waals surface area contributed by atoms with Crippen LogP contribution in [0.15, 0.2) is 30.3 Å². The van der Waals surface area contributed by atoms with E-state index in [-0.39, 0.29) is 0 Å². The molecule has 0 bridgehead atoms. The van der Waals surface area contributed by atoms with Crippen LogP contribution in [0.1, 0.15) is 31.0 Å². The second-order valence-corrected chi connectivity index (χ2v) is 4.92. The fourth-order valence-electron chi connectivity index (χ4n) is 1.77. The van der Waals surface area contributed by atoms with Crippen LogP contribution in [0.25, 0.3) is 11.3 Å². The maximum Gasteiger partial charge on any atom is 0.197 e. The van der Waals surface area contributed by atoms with Crippen molar-refractivity contribution in [2.45, 2.75) is 26.7 Å². The summed E-state index contributed by atoms with van der Waals surface area (Å²) in [5.41, 5.74) is 4.42. The lowest BCUT2D eigenvalue weighted by Gasteiger charge is -2.07. The molecule has 0 aliphatic carbocycles. The van der Waals surface area contributed by atoms with Gasteiger partial charge < -0.3 is 4.98 Å². The average Bonchev–Trinajstić information content (AvgIpc) is 2.28. The predicted molar refractivity (Wildman–Crippen MR) is 73.7 cm³/mol. The van der Waals surface area contributed by atoms with Crippen molar-refractivity contribution in [3.8, 4) is 11.3 Å². The van der Waals surface area contributed by atoms with Gasteiger partial charge in [0.15, 0.2) is 4.77 Å². The number of aromatic nitrogens is 2. The zero-order valence-corrected chi connectivity index (χ0v) is 11.1. The highest BCUT2D eigenvalue weighted by Crippen LogP contribution is 2.21. The molecule has 17 heavy (non-hydrogen) atoms. The second-order valence-electron chi connectivity index (χ2n) is 4.53. The van der Waals surface area contributed by atoms with Crippen molar-refractivity contribution in [3.05, 3.63) is 46.4 Å². The van der Waals surface area contributed by atoms with Gasteiger partial charge in [-0.05, 0) is 36.7 Å². The van der Waals surface area contributed by atoms with Crippen molar-refractivity contribution in [3.63, 3.8) is 0 Å². The fraction of sp³-hybridized carbons (Fsp3) is 0.286. The van der Waals surface area contributed by atoms with Gasteiger partial charge in [-0.3, -0.25) is 0 Å². The van der Waals surface area contributed by atoms with Gasteiger partial charge in [0.1, 0.15) is 0 Å². The van der Waals surface area contributed by atoms with Gasteiger partial charge >= 0.3 is 0 Å². The summed E-state index contributed by atoms with van der Waals surface area (Å²) in [6.07, 6.45) is 0. The van der Waals surface area contributed by atoms with Crippen molar-refractivity contribution in [2.75, 3.05) is 0 Å². The molecule has 0 saturated carbocycles. The first-order valence-electron chi connectivity index (χ1n) is 5.74. The standard InChI is InChI=1S/C14H16N2S/c1-9(2)11-4-6-12(7-5-11)13-8-10(3)15-14(17)16-13/h4-9H,1-3H3,(H,15,16,17). The van der Waals surface area contributed by atoms with Crippen molar-refractivity contribution in [1.29, 1.82) is 0 Å². The van der Waals surface area contributed by atoms with Crippen LogP contribution in [0.2, 0.25) is 0 Å². The van der Waals surface area contributed by atoms with E-state index in [1.54, 1.807) is 0 Å². The van der Waals surface area contributed by atoms with E-state index < -0.39 is 0 Å². The largest absolute Gasteiger partial charge is 0.335 e. The van der Waals surface area contributed by atoms with E-state index in [1.165, 1.54) is 5.56 Å². The molecule has 0 fully saturated rings. The normalized spacial score (nSPS) is 10.8. The van der Waals surface area contributed by atoms with Crippen LogP contribution in [-0.4, -0.2) is 9.97 Å². The second kappa shape index (κ2) is 4.80. The van der Waals surface area contributed by atoms with E-state index in [2.05, 4.69) is 48.1 Å². The Morgan fingerprint density at radius 3 is 2.35 bits per heavy atom. The topological polar surface area (TPSA) is 28.7 Å². The molecular weight excluding hydrogens is 228 g/mol. The Labute approximate surface area is 107 Å². The van der Waals surface area contributed by atoms with Crippen LogP contribution in [0.4, 0.5) is 0 Å². The van der Waals surface area contributed by atoms with E-state index in [9.17, 15) is 0 Å². The number of hydrogen-bond donors (Lipinski definition) is 1. The molecule has 0 atom stereocenters. The van der Waals surface area contributed by atoms with E-state index >= 15 is 0 Å². The van der Waals surface area contributed by atoms with Crippen LogP contribution >= 0.6 is 12.2 Å². The van der Waals surface area contributed by atoms with Crippen molar-refractivity contribution in [2.24, 2.45) is 0 Å². The molecule has 1 aromatic carbocycles. The van der Waals surface area contributed by atoms with E-state index in [0.717, 1.165) is 17.0 Å². The minimum Gasteiger partial charge on any atom is -0.335 e. The molecule has 0 aliphatic heterocycles. The Balaban J connectivity index is 2.43. The van der Waals surface area contributed by atoms with Gasteiger partial charge in [-0.25, -0.2) is 4.98 Å². The maximum atomic E-state index is 5.09. The quantitative estimate of drug-likeness (QED) is 0.800. The third-order valence-corrected chi connectivity index (χ3v) is 2.95. The van der Waals surface area contributed by atoms with Crippen LogP contribution < -0.4 is 0 Å². The molecular formula is C14H16N2S. The number of aryl methyl sites for hydroxylation is 1. The van der Waals surface area contributed by atoms with E-state index in [0.29, 0.717) is 10.7 Å². The zero-order chi connectivity index (χ0) is 12.4. The van der Waals surface area contributed by atoms with Crippen LogP contribution in [0, 0.1) is 11.7 Å². The van der Waals surface area contributed by atoms with E-state index in [4.69, 9.17) is 12.2 Å². The number of H-pyrrole nitrogens is 1. The molecule has 3 heteroatoms. The summed E-state index contributed by atoms with van der Waals surface area (Å²) in [4.78, 5) is 7.35. The average molecular weight is 244 g/mol. The molecule has 1 heterocycles. The summed E-state index contributed by atoms with van der Waals surface area (Å²) in [5.74, 6) is 0.553. The number of rotatable bonds is 2. The SMILES string of the molecule is Cc1cc(-c2ccc(C(C)C)cc2)nc(=S)[nH]1. The molecule has 0 unspecified atom stereocenters. The summed E-state index contributed by atoms with van der Waals surface area (Å²) < 4.78 is 0.535. The third kappa shape index (κ3) is 2.80. The molecule has 0 spiro atoms. The Morgan fingerprint density at radius 1 is 1.18 bits per heavy atom. The van der Waals surface area contributed by atoms with E-state index in [1.807, 2.05) is 13.0 Å². The van der Waals surface area contributed by atoms with Crippen LogP contribution in [0.5, 0.6) is 0 Å². The van der Waals surface area contributed by atoms with Crippen LogP contribution in [-0.2, 0) is 0 Å². The van der Waals surface area contributed by atoms with Gasteiger partial charge in [-0.15, -0.1) is 0 Å². The van der Waals surface area contributed by atoms with Gasteiger partial charge in [-0.1, -0.05) is 38.1 Å². The van der Waals surface area contributed by atoms with Gasteiger partial charge in [-0.2, -0.15) is 0 Å². The number of aromatic amines is 1. The summed E-state index contributed by atoms with van der Waals surface area (Å²) in [6, 6.07) is 10.5. The van der Waals surface area contributed by atoms with Crippen molar-refractivity contribution < 1.29 is 0 Å². The molecule has 0 saturated heterocycles. The molecule has 1 aromatic heterocycles. The first kappa shape index (κ1) is 12.0. The zero-order valence-electron chi connectivity index (χ0n) is 10.3. The van der Waals surface area contributed by atoms with Crippen molar-refractivity contribution >= 4 is 12.2 Å². The van der Waals surface area contributed by atoms with Crippen molar-refractivity contribution in [1.82, 2.24) is 9.97 Å². The first-order valence-corrected chi connectivity index (χ1v) is 6.15. The molecule has 2 aromatic rings.